The van der Waals surface area contributed by atoms with Crippen LogP contribution >= 0.6 is 0 Å². The summed E-state index contributed by atoms with van der Waals surface area (Å²) >= 11 is 0. The van der Waals surface area contributed by atoms with Crippen molar-refractivity contribution in [3.8, 4) is 0 Å². The third kappa shape index (κ3) is 4.24. The quantitative estimate of drug-likeness (QED) is 0.917. The van der Waals surface area contributed by atoms with Gasteiger partial charge in [-0.2, -0.15) is 0 Å². The first-order valence-corrected chi connectivity index (χ1v) is 8.38. The van der Waals surface area contributed by atoms with E-state index in [4.69, 9.17) is 9.15 Å². The Hall–Kier alpha value is -2.11. The van der Waals surface area contributed by atoms with E-state index < -0.39 is 0 Å². The van der Waals surface area contributed by atoms with E-state index in [0.717, 1.165) is 25.2 Å². The lowest BCUT2D eigenvalue weighted by atomic mass is 10.1. The molecule has 1 aromatic heterocycles. The first-order chi connectivity index (χ1) is 11.6. The zero-order valence-electron chi connectivity index (χ0n) is 14.2. The maximum absolute atomic E-state index is 12.0. The summed E-state index contributed by atoms with van der Waals surface area (Å²) in [6.07, 6.45) is 2.00. The standard InChI is InChI=1S/C19H24N2O3/c1-14-11-21(12-15(2)24-14)13-17-7-4-3-6-16(17)10-20-19(22)18-8-5-9-23-18/h3-9,14-15H,10-13H2,1-2H3,(H,20,22). The smallest absolute Gasteiger partial charge is 0.287 e. The van der Waals surface area contributed by atoms with Gasteiger partial charge in [-0.1, -0.05) is 24.3 Å². The second kappa shape index (κ2) is 7.64. The van der Waals surface area contributed by atoms with E-state index in [9.17, 15) is 4.79 Å². The molecule has 1 aromatic carbocycles. The predicted octanol–water partition coefficient (Wildman–Crippen LogP) is 2.82. The lowest BCUT2D eigenvalue weighted by molar-refractivity contribution is -0.0705. The molecule has 2 aromatic rings. The lowest BCUT2D eigenvalue weighted by Crippen LogP contribution is -2.45. The molecule has 1 aliphatic heterocycles. The molecule has 3 rings (SSSR count). The van der Waals surface area contributed by atoms with E-state index in [0.29, 0.717) is 12.3 Å². The molecule has 1 N–H and O–H groups in total. The molecule has 1 amide bonds. The van der Waals surface area contributed by atoms with E-state index in [1.807, 2.05) is 12.1 Å². The molecule has 0 bridgehead atoms. The van der Waals surface area contributed by atoms with Gasteiger partial charge in [0.25, 0.3) is 5.91 Å². The summed E-state index contributed by atoms with van der Waals surface area (Å²) in [4.78, 5) is 14.4. The Balaban J connectivity index is 1.63. The minimum Gasteiger partial charge on any atom is -0.459 e. The van der Waals surface area contributed by atoms with Crippen LogP contribution in [0.15, 0.2) is 47.1 Å². The highest BCUT2D eigenvalue weighted by molar-refractivity contribution is 5.91. The number of nitrogens with one attached hydrogen (secondary N) is 1. The summed E-state index contributed by atoms with van der Waals surface area (Å²) in [5.41, 5.74) is 2.36. The summed E-state index contributed by atoms with van der Waals surface area (Å²) in [7, 11) is 0. The van der Waals surface area contributed by atoms with Crippen LogP contribution in [0, 0.1) is 0 Å². The Bertz CT molecular complexity index is 659. The predicted molar refractivity (Wildman–Crippen MR) is 91.6 cm³/mol. The van der Waals surface area contributed by atoms with Crippen LogP contribution in [0.4, 0.5) is 0 Å². The van der Waals surface area contributed by atoms with Gasteiger partial charge in [-0.15, -0.1) is 0 Å². The normalized spacial score (nSPS) is 21.6. The fourth-order valence-electron chi connectivity index (χ4n) is 3.21. The van der Waals surface area contributed by atoms with Crippen molar-refractivity contribution in [1.29, 1.82) is 0 Å². The Morgan fingerprint density at radius 1 is 1.12 bits per heavy atom. The fourth-order valence-corrected chi connectivity index (χ4v) is 3.21. The van der Waals surface area contributed by atoms with Crippen molar-refractivity contribution in [3.63, 3.8) is 0 Å². The number of carbonyl (C=O) groups excluding carboxylic acids is 1. The van der Waals surface area contributed by atoms with E-state index in [2.05, 4.69) is 36.2 Å². The molecule has 2 atom stereocenters. The van der Waals surface area contributed by atoms with Gasteiger partial charge in [-0.05, 0) is 37.1 Å². The highest BCUT2D eigenvalue weighted by atomic mass is 16.5. The van der Waals surface area contributed by atoms with Crippen LogP contribution in [-0.2, 0) is 17.8 Å². The zero-order valence-corrected chi connectivity index (χ0v) is 14.2. The SMILES string of the molecule is CC1CN(Cc2ccccc2CNC(=O)c2ccco2)CC(C)O1. The molecule has 2 unspecified atom stereocenters. The molecule has 5 nitrogen and oxygen atoms in total. The number of amides is 1. The lowest BCUT2D eigenvalue weighted by Gasteiger charge is -2.35. The van der Waals surface area contributed by atoms with Crippen molar-refractivity contribution in [2.75, 3.05) is 13.1 Å². The summed E-state index contributed by atoms with van der Waals surface area (Å²) in [6, 6.07) is 11.6. The van der Waals surface area contributed by atoms with Gasteiger partial charge in [-0.25, -0.2) is 0 Å². The molecule has 2 heterocycles. The van der Waals surface area contributed by atoms with Crippen LogP contribution in [0.1, 0.15) is 35.5 Å². The number of benzene rings is 1. The molecule has 1 aliphatic rings. The van der Waals surface area contributed by atoms with E-state index in [1.165, 1.54) is 11.8 Å². The number of rotatable bonds is 5. The number of hydrogen-bond acceptors (Lipinski definition) is 4. The summed E-state index contributed by atoms with van der Waals surface area (Å²) < 4.78 is 10.9. The molecule has 5 heteroatoms. The first kappa shape index (κ1) is 16.7. The van der Waals surface area contributed by atoms with Crippen LogP contribution in [0.5, 0.6) is 0 Å². The molecule has 0 radical (unpaired) electrons. The van der Waals surface area contributed by atoms with Crippen molar-refractivity contribution in [1.82, 2.24) is 10.2 Å². The number of carbonyl (C=O) groups is 1. The third-order valence-corrected chi connectivity index (χ3v) is 4.19. The van der Waals surface area contributed by atoms with E-state index in [1.54, 1.807) is 12.1 Å². The topological polar surface area (TPSA) is 54.7 Å². The van der Waals surface area contributed by atoms with Gasteiger partial charge in [-0.3, -0.25) is 9.69 Å². The van der Waals surface area contributed by atoms with Gasteiger partial charge < -0.3 is 14.5 Å². The number of ether oxygens (including phenoxy) is 1. The Labute approximate surface area is 142 Å². The molecule has 0 aliphatic carbocycles. The van der Waals surface area contributed by atoms with Crippen LogP contribution in [0.3, 0.4) is 0 Å². The second-order valence-electron chi connectivity index (χ2n) is 6.38. The Morgan fingerprint density at radius 3 is 2.50 bits per heavy atom. The summed E-state index contributed by atoms with van der Waals surface area (Å²) in [5.74, 6) is 0.145. The second-order valence-corrected chi connectivity index (χ2v) is 6.38. The van der Waals surface area contributed by atoms with E-state index in [-0.39, 0.29) is 18.1 Å². The maximum atomic E-state index is 12.0. The Kier molecular flexibility index (Phi) is 5.33. The summed E-state index contributed by atoms with van der Waals surface area (Å²) in [6.45, 7) is 7.43. The molecule has 1 saturated heterocycles. The molecule has 0 saturated carbocycles. The molecule has 24 heavy (non-hydrogen) atoms. The average molecular weight is 328 g/mol. The molecule has 1 fully saturated rings. The van der Waals surface area contributed by atoms with Crippen LogP contribution in [-0.4, -0.2) is 36.1 Å². The maximum Gasteiger partial charge on any atom is 0.287 e. The van der Waals surface area contributed by atoms with Crippen molar-refractivity contribution in [3.05, 3.63) is 59.5 Å². The number of morpholine rings is 1. The number of hydrogen-bond donors (Lipinski definition) is 1. The summed E-state index contributed by atoms with van der Waals surface area (Å²) in [5, 5.41) is 2.92. The van der Waals surface area contributed by atoms with Gasteiger partial charge >= 0.3 is 0 Å². The zero-order chi connectivity index (χ0) is 16.9. The van der Waals surface area contributed by atoms with Gasteiger partial charge in [0.1, 0.15) is 0 Å². The van der Waals surface area contributed by atoms with Gasteiger partial charge in [0, 0.05) is 26.2 Å². The monoisotopic (exact) mass is 328 g/mol. The van der Waals surface area contributed by atoms with Crippen molar-refractivity contribution in [2.24, 2.45) is 0 Å². The van der Waals surface area contributed by atoms with Crippen LogP contribution in [0.25, 0.3) is 0 Å². The van der Waals surface area contributed by atoms with Crippen molar-refractivity contribution in [2.45, 2.75) is 39.1 Å². The number of nitrogens with zero attached hydrogens (tertiary/aromatic N) is 1. The highest BCUT2D eigenvalue weighted by Gasteiger charge is 2.22. The molecule has 128 valence electrons. The largest absolute Gasteiger partial charge is 0.459 e. The minimum atomic E-state index is -0.191. The van der Waals surface area contributed by atoms with Crippen molar-refractivity contribution >= 4 is 5.91 Å². The average Bonchev–Trinajstić information content (AvgIpc) is 3.07. The molecule has 0 spiro atoms. The Morgan fingerprint density at radius 2 is 1.83 bits per heavy atom. The van der Waals surface area contributed by atoms with Crippen LogP contribution < -0.4 is 5.32 Å². The van der Waals surface area contributed by atoms with Crippen LogP contribution in [0.2, 0.25) is 0 Å². The van der Waals surface area contributed by atoms with Gasteiger partial charge in [0.05, 0.1) is 18.5 Å². The fraction of sp³-hybridized carbons (Fsp3) is 0.421. The first-order valence-electron chi connectivity index (χ1n) is 8.38. The third-order valence-electron chi connectivity index (χ3n) is 4.19. The highest BCUT2D eigenvalue weighted by Crippen LogP contribution is 2.17. The molecular formula is C19H24N2O3. The minimum absolute atomic E-state index is 0.191. The van der Waals surface area contributed by atoms with Gasteiger partial charge in [0.15, 0.2) is 5.76 Å². The molecular weight excluding hydrogens is 304 g/mol. The number of furan rings is 1. The van der Waals surface area contributed by atoms with Gasteiger partial charge in [0.2, 0.25) is 0 Å². The van der Waals surface area contributed by atoms with E-state index >= 15 is 0 Å². The van der Waals surface area contributed by atoms with Crippen molar-refractivity contribution < 1.29 is 13.9 Å².